The Hall–Kier alpha value is -1.07. The summed E-state index contributed by atoms with van der Waals surface area (Å²) in [7, 11) is 3.82. The van der Waals surface area contributed by atoms with Crippen molar-refractivity contribution < 1.29 is 0 Å². The fraction of sp³-hybridized carbons (Fsp3) is 0.692. The topological polar surface area (TPSA) is 50.2 Å². The van der Waals surface area contributed by atoms with Crippen molar-refractivity contribution in [3.63, 3.8) is 0 Å². The molecule has 0 saturated heterocycles. The van der Waals surface area contributed by atoms with Crippen molar-refractivity contribution in [1.29, 1.82) is 0 Å². The van der Waals surface area contributed by atoms with E-state index in [4.69, 9.17) is 11.6 Å². The second kappa shape index (κ2) is 6.39. The molecule has 1 heterocycles. The smallest absolute Gasteiger partial charge is 0.291 e. The van der Waals surface area contributed by atoms with Crippen molar-refractivity contribution >= 4 is 17.3 Å². The van der Waals surface area contributed by atoms with Gasteiger partial charge in [-0.2, -0.15) is 5.10 Å². The third kappa shape index (κ3) is 3.70. The van der Waals surface area contributed by atoms with E-state index < -0.39 is 0 Å². The highest BCUT2D eigenvalue weighted by Gasteiger charge is 2.24. The maximum absolute atomic E-state index is 12.4. The van der Waals surface area contributed by atoms with Gasteiger partial charge in [-0.15, -0.1) is 0 Å². The summed E-state index contributed by atoms with van der Waals surface area (Å²) >= 11 is 6.13. The number of nitrogens with one attached hydrogen (secondary N) is 1. The van der Waals surface area contributed by atoms with E-state index in [0.29, 0.717) is 23.2 Å². The van der Waals surface area contributed by atoms with Crippen LogP contribution in [0.5, 0.6) is 0 Å². The molecule has 106 valence electrons. The Morgan fingerprint density at radius 2 is 2.32 bits per heavy atom. The van der Waals surface area contributed by atoms with Gasteiger partial charge in [0.25, 0.3) is 5.56 Å². The lowest BCUT2D eigenvalue weighted by Gasteiger charge is -2.20. The molecule has 0 aliphatic heterocycles. The molecule has 1 N–H and O–H groups in total. The van der Waals surface area contributed by atoms with Crippen molar-refractivity contribution in [2.75, 3.05) is 32.1 Å². The first-order valence-electron chi connectivity index (χ1n) is 6.75. The number of hydrogen-bond donors (Lipinski definition) is 1. The Balaban J connectivity index is 2.14. The zero-order valence-corrected chi connectivity index (χ0v) is 12.3. The first-order chi connectivity index (χ1) is 9.13. The van der Waals surface area contributed by atoms with Crippen LogP contribution in [0.2, 0.25) is 5.02 Å². The van der Waals surface area contributed by atoms with Crippen LogP contribution in [0.15, 0.2) is 11.0 Å². The van der Waals surface area contributed by atoms with Crippen LogP contribution in [0.25, 0.3) is 0 Å². The molecule has 0 atom stereocenters. The van der Waals surface area contributed by atoms with E-state index in [1.54, 1.807) is 10.9 Å². The standard InChI is InChI=1S/C13H21ClN4O/c1-15-6-3-7-17(2)12-11(14)8-16-18(13(12)19)9-10-4-5-10/h8,10,15H,3-7,9H2,1-2H3. The van der Waals surface area contributed by atoms with Gasteiger partial charge in [0, 0.05) is 20.1 Å². The summed E-state index contributed by atoms with van der Waals surface area (Å²) in [6.45, 7) is 2.43. The Labute approximate surface area is 118 Å². The van der Waals surface area contributed by atoms with Crippen LogP contribution >= 0.6 is 11.6 Å². The van der Waals surface area contributed by atoms with Crippen molar-refractivity contribution in [1.82, 2.24) is 15.1 Å². The molecule has 19 heavy (non-hydrogen) atoms. The van der Waals surface area contributed by atoms with Gasteiger partial charge in [0.15, 0.2) is 0 Å². The molecule has 2 rings (SSSR count). The minimum Gasteiger partial charge on any atom is -0.369 e. The summed E-state index contributed by atoms with van der Waals surface area (Å²) in [6.07, 6.45) is 4.94. The van der Waals surface area contributed by atoms with Crippen molar-refractivity contribution in [2.45, 2.75) is 25.8 Å². The first-order valence-corrected chi connectivity index (χ1v) is 7.12. The summed E-state index contributed by atoms with van der Waals surface area (Å²) in [6, 6.07) is 0. The van der Waals surface area contributed by atoms with E-state index in [9.17, 15) is 4.79 Å². The fourth-order valence-corrected chi connectivity index (χ4v) is 2.35. The predicted octanol–water partition coefficient (Wildman–Crippen LogP) is 1.35. The SMILES string of the molecule is CNCCCN(C)c1c(Cl)cnn(CC2CC2)c1=O. The van der Waals surface area contributed by atoms with E-state index in [2.05, 4.69) is 10.4 Å². The number of anilines is 1. The van der Waals surface area contributed by atoms with Crippen molar-refractivity contribution in [3.05, 3.63) is 21.6 Å². The highest BCUT2D eigenvalue weighted by Crippen LogP contribution is 2.30. The summed E-state index contributed by atoms with van der Waals surface area (Å²) in [5, 5.41) is 7.66. The summed E-state index contributed by atoms with van der Waals surface area (Å²) < 4.78 is 1.55. The van der Waals surface area contributed by atoms with Gasteiger partial charge in [0.2, 0.25) is 0 Å². The molecule has 0 unspecified atom stereocenters. The summed E-state index contributed by atoms with van der Waals surface area (Å²) in [4.78, 5) is 14.3. The zero-order valence-electron chi connectivity index (χ0n) is 11.5. The minimum absolute atomic E-state index is 0.0774. The number of nitrogens with zero attached hydrogens (tertiary/aromatic N) is 3. The van der Waals surface area contributed by atoms with Gasteiger partial charge in [0.1, 0.15) is 5.69 Å². The van der Waals surface area contributed by atoms with E-state index in [1.807, 2.05) is 19.0 Å². The summed E-state index contributed by atoms with van der Waals surface area (Å²) in [5.41, 5.74) is 0.486. The lowest BCUT2D eigenvalue weighted by atomic mass is 10.3. The van der Waals surface area contributed by atoms with E-state index in [0.717, 1.165) is 19.5 Å². The average Bonchev–Trinajstić information content (AvgIpc) is 3.17. The van der Waals surface area contributed by atoms with Crippen LogP contribution in [-0.2, 0) is 6.54 Å². The van der Waals surface area contributed by atoms with E-state index >= 15 is 0 Å². The largest absolute Gasteiger partial charge is 0.369 e. The monoisotopic (exact) mass is 284 g/mol. The van der Waals surface area contributed by atoms with Crippen LogP contribution in [-0.4, -0.2) is 37.0 Å². The highest BCUT2D eigenvalue weighted by atomic mass is 35.5. The zero-order chi connectivity index (χ0) is 13.8. The van der Waals surface area contributed by atoms with Crippen LogP contribution in [0, 0.1) is 5.92 Å². The third-order valence-corrected chi connectivity index (χ3v) is 3.68. The minimum atomic E-state index is -0.0774. The van der Waals surface area contributed by atoms with E-state index in [1.165, 1.54) is 12.8 Å². The normalized spacial score (nSPS) is 14.7. The van der Waals surface area contributed by atoms with Gasteiger partial charge in [0.05, 0.1) is 11.2 Å². The van der Waals surface area contributed by atoms with Crippen molar-refractivity contribution in [2.24, 2.45) is 5.92 Å². The Bertz CT molecular complexity index is 484. The molecule has 6 heteroatoms. The summed E-state index contributed by atoms with van der Waals surface area (Å²) in [5.74, 6) is 0.619. The Morgan fingerprint density at radius 3 is 2.95 bits per heavy atom. The number of hydrogen-bond acceptors (Lipinski definition) is 4. The molecule has 1 aromatic heterocycles. The molecule has 0 aromatic carbocycles. The van der Waals surface area contributed by atoms with Gasteiger partial charge in [-0.1, -0.05) is 11.6 Å². The molecule has 1 fully saturated rings. The maximum atomic E-state index is 12.4. The lowest BCUT2D eigenvalue weighted by molar-refractivity contribution is 0.532. The molecule has 0 amide bonds. The molecule has 1 aliphatic carbocycles. The first kappa shape index (κ1) is 14.3. The molecule has 1 aliphatic rings. The molecule has 0 spiro atoms. The lowest BCUT2D eigenvalue weighted by Crippen LogP contribution is -2.33. The van der Waals surface area contributed by atoms with Gasteiger partial charge in [-0.3, -0.25) is 4.79 Å². The number of halogens is 1. The number of rotatable bonds is 7. The molecule has 0 radical (unpaired) electrons. The van der Waals surface area contributed by atoms with Crippen LogP contribution in [0.3, 0.4) is 0 Å². The third-order valence-electron chi connectivity index (χ3n) is 3.40. The second-order valence-electron chi connectivity index (χ2n) is 5.15. The molecule has 1 saturated carbocycles. The highest BCUT2D eigenvalue weighted by molar-refractivity contribution is 6.33. The predicted molar refractivity (Wildman–Crippen MR) is 78.0 cm³/mol. The second-order valence-corrected chi connectivity index (χ2v) is 5.56. The van der Waals surface area contributed by atoms with Crippen LogP contribution in [0.4, 0.5) is 5.69 Å². The van der Waals surface area contributed by atoms with Gasteiger partial charge in [-0.25, -0.2) is 4.68 Å². The van der Waals surface area contributed by atoms with Crippen LogP contribution in [0.1, 0.15) is 19.3 Å². The van der Waals surface area contributed by atoms with Crippen molar-refractivity contribution in [3.8, 4) is 0 Å². The Kier molecular flexibility index (Phi) is 4.82. The van der Waals surface area contributed by atoms with Gasteiger partial charge in [-0.05, 0) is 38.8 Å². The maximum Gasteiger partial charge on any atom is 0.291 e. The van der Waals surface area contributed by atoms with Gasteiger partial charge >= 0.3 is 0 Å². The number of aromatic nitrogens is 2. The molecule has 0 bridgehead atoms. The molecule has 5 nitrogen and oxygen atoms in total. The quantitative estimate of drug-likeness (QED) is 0.768. The van der Waals surface area contributed by atoms with Gasteiger partial charge < -0.3 is 10.2 Å². The average molecular weight is 285 g/mol. The molecular formula is C13H21ClN4O. The molecular weight excluding hydrogens is 264 g/mol. The van der Waals surface area contributed by atoms with Crippen LogP contribution < -0.4 is 15.8 Å². The molecule has 1 aromatic rings. The van der Waals surface area contributed by atoms with E-state index in [-0.39, 0.29) is 5.56 Å². The fourth-order valence-electron chi connectivity index (χ4n) is 2.08. The Morgan fingerprint density at radius 1 is 1.58 bits per heavy atom.